The maximum Gasteiger partial charge on any atom is 0.270 e. The summed E-state index contributed by atoms with van der Waals surface area (Å²) in [5.74, 6) is 0.566. The molecule has 9 heteroatoms. The van der Waals surface area contributed by atoms with Gasteiger partial charge >= 0.3 is 0 Å². The molecule has 0 unspecified atom stereocenters. The largest absolute Gasteiger partial charge is 0.378 e. The van der Waals surface area contributed by atoms with Gasteiger partial charge in [0.15, 0.2) is 0 Å². The molecule has 0 fully saturated rings. The second-order valence-electron chi connectivity index (χ2n) is 8.60. The first-order chi connectivity index (χ1) is 17.3. The Morgan fingerprint density at radius 1 is 1.03 bits per heavy atom. The first-order valence-electron chi connectivity index (χ1n) is 11.5. The van der Waals surface area contributed by atoms with Crippen LogP contribution in [0.3, 0.4) is 0 Å². The van der Waals surface area contributed by atoms with Crippen LogP contribution in [0, 0.1) is 10.1 Å². The van der Waals surface area contributed by atoms with E-state index in [-0.39, 0.29) is 23.2 Å². The van der Waals surface area contributed by atoms with Crippen LogP contribution < -0.4 is 4.90 Å². The summed E-state index contributed by atoms with van der Waals surface area (Å²) >= 11 is 0. The Balaban J connectivity index is 1.55. The molecule has 1 amide bonds. The molecule has 3 aromatic carbocycles. The summed E-state index contributed by atoms with van der Waals surface area (Å²) in [5.41, 5.74) is 2.96. The van der Waals surface area contributed by atoms with Gasteiger partial charge in [-0.25, -0.2) is 0 Å². The summed E-state index contributed by atoms with van der Waals surface area (Å²) in [4.78, 5) is 32.4. The maximum atomic E-state index is 13.5. The van der Waals surface area contributed by atoms with E-state index in [0.717, 1.165) is 16.8 Å². The van der Waals surface area contributed by atoms with Gasteiger partial charge in [0.05, 0.1) is 11.0 Å². The molecule has 0 saturated heterocycles. The minimum atomic E-state index is -0.507. The van der Waals surface area contributed by atoms with Crippen LogP contribution in [0.15, 0.2) is 83.4 Å². The van der Waals surface area contributed by atoms with E-state index in [4.69, 9.17) is 4.52 Å². The summed E-state index contributed by atoms with van der Waals surface area (Å²) in [6.45, 7) is 2.22. The van der Waals surface area contributed by atoms with Gasteiger partial charge in [-0.2, -0.15) is 4.98 Å². The van der Waals surface area contributed by atoms with Gasteiger partial charge in [-0.05, 0) is 42.8 Å². The van der Waals surface area contributed by atoms with E-state index >= 15 is 0 Å². The van der Waals surface area contributed by atoms with E-state index in [1.54, 1.807) is 11.0 Å². The van der Waals surface area contributed by atoms with E-state index in [0.29, 0.717) is 24.7 Å². The highest BCUT2D eigenvalue weighted by Gasteiger charge is 2.25. The number of hydrogen-bond donors (Lipinski definition) is 0. The van der Waals surface area contributed by atoms with Crippen LogP contribution in [0.1, 0.15) is 34.8 Å². The average molecular weight is 486 g/mol. The van der Waals surface area contributed by atoms with E-state index in [1.807, 2.05) is 80.5 Å². The zero-order valence-corrected chi connectivity index (χ0v) is 20.4. The Labute approximate surface area is 209 Å². The smallest absolute Gasteiger partial charge is 0.270 e. The maximum absolute atomic E-state index is 13.5. The predicted molar refractivity (Wildman–Crippen MR) is 137 cm³/mol. The van der Waals surface area contributed by atoms with E-state index < -0.39 is 4.92 Å². The van der Waals surface area contributed by atoms with Crippen molar-refractivity contribution in [2.75, 3.05) is 25.5 Å². The minimum absolute atomic E-state index is 0.130. The third kappa shape index (κ3) is 5.57. The van der Waals surface area contributed by atoms with Crippen LogP contribution >= 0.6 is 0 Å². The Morgan fingerprint density at radius 3 is 2.42 bits per heavy atom. The monoisotopic (exact) mass is 485 g/mol. The molecule has 1 atom stereocenters. The van der Waals surface area contributed by atoms with Gasteiger partial charge in [-0.3, -0.25) is 14.9 Å². The summed E-state index contributed by atoms with van der Waals surface area (Å²) in [5, 5.41) is 15.3. The third-order valence-electron chi connectivity index (χ3n) is 5.99. The molecule has 184 valence electrons. The highest BCUT2D eigenvalue weighted by molar-refractivity contribution is 5.95. The SMILES string of the molecule is C[C@H](c1ccccc1)N(CCc1nc(-c2ccc(N(C)C)cc2)no1)C(=O)c1cccc([N+](=O)[O-])c1. The number of nitro benzene ring substituents is 1. The molecule has 0 aliphatic rings. The predicted octanol–water partition coefficient (Wildman–Crippen LogP) is 5.16. The fourth-order valence-corrected chi connectivity index (χ4v) is 3.90. The average Bonchev–Trinajstić information content (AvgIpc) is 3.38. The Bertz CT molecular complexity index is 1340. The van der Waals surface area contributed by atoms with Crippen molar-refractivity contribution >= 4 is 17.3 Å². The lowest BCUT2D eigenvalue weighted by atomic mass is 10.0. The van der Waals surface area contributed by atoms with Crippen molar-refractivity contribution in [1.29, 1.82) is 0 Å². The molecular formula is C27H27N5O4. The first-order valence-corrected chi connectivity index (χ1v) is 11.5. The van der Waals surface area contributed by atoms with Crippen molar-refractivity contribution < 1.29 is 14.2 Å². The van der Waals surface area contributed by atoms with Crippen molar-refractivity contribution in [3.05, 3.63) is 106 Å². The number of carbonyl (C=O) groups excluding carboxylic acids is 1. The number of hydrogen-bond acceptors (Lipinski definition) is 7. The van der Waals surface area contributed by atoms with E-state index in [9.17, 15) is 14.9 Å². The molecule has 1 heterocycles. The number of anilines is 1. The van der Waals surface area contributed by atoms with Crippen molar-refractivity contribution in [2.24, 2.45) is 0 Å². The molecule has 0 spiro atoms. The molecule has 0 N–H and O–H groups in total. The molecule has 4 rings (SSSR count). The van der Waals surface area contributed by atoms with Gasteiger partial charge in [0.1, 0.15) is 0 Å². The number of benzene rings is 3. The van der Waals surface area contributed by atoms with Gasteiger partial charge in [-0.15, -0.1) is 0 Å². The van der Waals surface area contributed by atoms with Gasteiger partial charge in [0.2, 0.25) is 11.7 Å². The fourth-order valence-electron chi connectivity index (χ4n) is 3.90. The molecule has 0 aliphatic heterocycles. The van der Waals surface area contributed by atoms with Crippen LogP contribution in [0.2, 0.25) is 0 Å². The molecule has 4 aromatic rings. The van der Waals surface area contributed by atoms with E-state index in [1.165, 1.54) is 18.2 Å². The lowest BCUT2D eigenvalue weighted by molar-refractivity contribution is -0.384. The Hall–Kier alpha value is -4.53. The number of carbonyl (C=O) groups is 1. The number of rotatable bonds is 9. The highest BCUT2D eigenvalue weighted by Crippen LogP contribution is 2.25. The molecular weight excluding hydrogens is 458 g/mol. The van der Waals surface area contributed by atoms with Gasteiger partial charge in [-0.1, -0.05) is 41.6 Å². The quantitative estimate of drug-likeness (QED) is 0.238. The summed E-state index contributed by atoms with van der Waals surface area (Å²) in [6.07, 6.45) is 0.334. The number of nitrogens with zero attached hydrogens (tertiary/aromatic N) is 5. The topological polar surface area (TPSA) is 106 Å². The van der Waals surface area contributed by atoms with Crippen molar-refractivity contribution in [3.63, 3.8) is 0 Å². The normalized spacial score (nSPS) is 11.6. The molecule has 0 bridgehead atoms. The Kier molecular flexibility index (Phi) is 7.39. The fraction of sp³-hybridized carbons (Fsp3) is 0.222. The van der Waals surface area contributed by atoms with Crippen LogP contribution in [-0.2, 0) is 6.42 Å². The van der Waals surface area contributed by atoms with Gasteiger partial charge in [0, 0.05) is 56.0 Å². The number of amides is 1. The van der Waals surface area contributed by atoms with Crippen molar-refractivity contribution in [3.8, 4) is 11.4 Å². The zero-order valence-electron chi connectivity index (χ0n) is 20.4. The number of aromatic nitrogens is 2. The molecule has 0 radical (unpaired) electrons. The third-order valence-corrected chi connectivity index (χ3v) is 5.99. The molecule has 0 saturated carbocycles. The standard InChI is InChI=1S/C27H27N5O4/c1-19(20-8-5-4-6-9-20)31(27(33)22-10-7-11-24(18-22)32(34)35)17-16-25-28-26(29-36-25)21-12-14-23(15-13-21)30(2)3/h4-15,18-19H,16-17H2,1-3H3/t19-/m1/s1. The zero-order chi connectivity index (χ0) is 25.7. The summed E-state index contributed by atoms with van der Waals surface area (Å²) in [7, 11) is 3.94. The van der Waals surface area contributed by atoms with Crippen LogP contribution in [0.5, 0.6) is 0 Å². The summed E-state index contributed by atoms with van der Waals surface area (Å²) < 4.78 is 5.47. The molecule has 9 nitrogen and oxygen atoms in total. The molecule has 0 aliphatic carbocycles. The van der Waals surface area contributed by atoms with E-state index in [2.05, 4.69) is 10.1 Å². The highest BCUT2D eigenvalue weighted by atomic mass is 16.6. The lowest BCUT2D eigenvalue weighted by Crippen LogP contribution is -2.35. The molecule has 1 aromatic heterocycles. The molecule has 36 heavy (non-hydrogen) atoms. The number of nitro groups is 1. The number of non-ortho nitro benzene ring substituents is 1. The summed E-state index contributed by atoms with van der Waals surface area (Å²) in [6, 6.07) is 22.9. The second kappa shape index (κ2) is 10.8. The van der Waals surface area contributed by atoms with Crippen molar-refractivity contribution in [1.82, 2.24) is 15.0 Å². The van der Waals surface area contributed by atoms with Crippen LogP contribution in [0.4, 0.5) is 11.4 Å². The van der Waals surface area contributed by atoms with Crippen molar-refractivity contribution in [2.45, 2.75) is 19.4 Å². The van der Waals surface area contributed by atoms with Crippen LogP contribution in [0.25, 0.3) is 11.4 Å². The Morgan fingerprint density at radius 2 is 1.75 bits per heavy atom. The van der Waals surface area contributed by atoms with Gasteiger partial charge < -0.3 is 14.3 Å². The van der Waals surface area contributed by atoms with Gasteiger partial charge in [0.25, 0.3) is 11.6 Å². The van der Waals surface area contributed by atoms with Crippen LogP contribution in [-0.4, -0.2) is 46.5 Å². The lowest BCUT2D eigenvalue weighted by Gasteiger charge is -2.29. The first kappa shape index (κ1) is 24.6. The second-order valence-corrected chi connectivity index (χ2v) is 8.60. The minimum Gasteiger partial charge on any atom is -0.378 e.